The van der Waals surface area contributed by atoms with Crippen molar-refractivity contribution in [3.8, 4) is 5.75 Å². The smallest absolute Gasteiger partial charge is 0.123 e. The van der Waals surface area contributed by atoms with E-state index in [-0.39, 0.29) is 11.9 Å². The quantitative estimate of drug-likeness (QED) is 0.899. The summed E-state index contributed by atoms with van der Waals surface area (Å²) >= 11 is 2.07. The second kappa shape index (κ2) is 6.35. The molecule has 3 atom stereocenters. The molecular weight excluding hydrogens is 273 g/mol. The van der Waals surface area contributed by atoms with E-state index in [4.69, 9.17) is 4.74 Å². The number of hydrogen-bond donors (Lipinski definition) is 1. The fourth-order valence-electron chi connectivity index (χ4n) is 3.26. The van der Waals surface area contributed by atoms with Gasteiger partial charge in [-0.3, -0.25) is 0 Å². The minimum absolute atomic E-state index is 0.152. The highest BCUT2D eigenvalue weighted by atomic mass is 32.2. The van der Waals surface area contributed by atoms with Crippen LogP contribution in [0, 0.1) is 5.82 Å². The summed E-state index contributed by atoms with van der Waals surface area (Å²) in [4.78, 5) is 0. The molecule has 1 heterocycles. The summed E-state index contributed by atoms with van der Waals surface area (Å²) in [5, 5.41) is 4.42. The highest BCUT2D eigenvalue weighted by Gasteiger charge is 2.29. The van der Waals surface area contributed by atoms with Crippen molar-refractivity contribution in [3.05, 3.63) is 29.6 Å². The molecular formula is C16H22FNOS. The topological polar surface area (TPSA) is 21.3 Å². The normalized spacial score (nSPS) is 28.4. The van der Waals surface area contributed by atoms with E-state index in [9.17, 15) is 4.39 Å². The molecule has 1 fully saturated rings. The number of nitrogens with one attached hydrogen (secondary N) is 1. The number of ether oxygens (including phenoxy) is 1. The third-order valence-corrected chi connectivity index (χ3v) is 5.53. The maximum atomic E-state index is 13.2. The lowest BCUT2D eigenvalue weighted by Crippen LogP contribution is -2.40. The van der Waals surface area contributed by atoms with Crippen molar-refractivity contribution in [3.63, 3.8) is 0 Å². The Morgan fingerprint density at radius 1 is 1.40 bits per heavy atom. The van der Waals surface area contributed by atoms with E-state index in [1.807, 2.05) is 0 Å². The zero-order valence-corrected chi connectivity index (χ0v) is 12.7. The summed E-state index contributed by atoms with van der Waals surface area (Å²) < 4.78 is 19.1. The molecule has 1 aliphatic carbocycles. The molecule has 2 nitrogen and oxygen atoms in total. The zero-order valence-electron chi connectivity index (χ0n) is 11.9. The van der Waals surface area contributed by atoms with Gasteiger partial charge >= 0.3 is 0 Å². The minimum Gasteiger partial charge on any atom is -0.488 e. The Morgan fingerprint density at radius 3 is 3.15 bits per heavy atom. The Hall–Kier alpha value is -0.740. The largest absolute Gasteiger partial charge is 0.488 e. The molecule has 0 bridgehead atoms. The van der Waals surface area contributed by atoms with E-state index < -0.39 is 0 Å². The number of rotatable bonds is 5. The molecule has 0 spiro atoms. The van der Waals surface area contributed by atoms with E-state index in [0.717, 1.165) is 29.5 Å². The molecule has 3 unspecified atom stereocenters. The molecule has 1 N–H and O–H groups in total. The van der Waals surface area contributed by atoms with Crippen molar-refractivity contribution < 1.29 is 9.13 Å². The molecule has 1 aromatic rings. The van der Waals surface area contributed by atoms with Gasteiger partial charge in [0.05, 0.1) is 0 Å². The van der Waals surface area contributed by atoms with Gasteiger partial charge in [-0.1, -0.05) is 13.3 Å². The number of benzene rings is 1. The predicted octanol–water partition coefficient (Wildman–Crippen LogP) is 3.39. The summed E-state index contributed by atoms with van der Waals surface area (Å²) in [6.45, 7) is 3.09. The molecule has 3 rings (SSSR count). The molecule has 0 radical (unpaired) electrons. The van der Waals surface area contributed by atoms with E-state index >= 15 is 0 Å². The Morgan fingerprint density at radius 2 is 2.30 bits per heavy atom. The fourth-order valence-corrected chi connectivity index (χ4v) is 4.48. The molecule has 1 aliphatic heterocycles. The van der Waals surface area contributed by atoms with E-state index in [1.54, 1.807) is 12.1 Å². The van der Waals surface area contributed by atoms with Crippen LogP contribution < -0.4 is 10.1 Å². The van der Waals surface area contributed by atoms with Crippen molar-refractivity contribution in [1.29, 1.82) is 0 Å². The van der Waals surface area contributed by atoms with Crippen LogP contribution in [0.25, 0.3) is 0 Å². The molecule has 0 aromatic heterocycles. The highest BCUT2D eigenvalue weighted by Crippen LogP contribution is 2.31. The third-order valence-electron chi connectivity index (χ3n) is 4.20. The molecule has 0 saturated heterocycles. The summed E-state index contributed by atoms with van der Waals surface area (Å²) in [7, 11) is 0. The first-order valence-corrected chi connectivity index (χ1v) is 8.61. The van der Waals surface area contributed by atoms with Crippen LogP contribution in [0.4, 0.5) is 4.39 Å². The minimum atomic E-state index is -0.170. The summed E-state index contributed by atoms with van der Waals surface area (Å²) in [6.07, 6.45) is 4.89. The summed E-state index contributed by atoms with van der Waals surface area (Å²) in [5.74, 6) is 1.87. The van der Waals surface area contributed by atoms with Crippen LogP contribution in [0.1, 0.15) is 31.7 Å². The zero-order chi connectivity index (χ0) is 13.9. The lowest BCUT2D eigenvalue weighted by Gasteiger charge is -2.22. The Labute approximate surface area is 124 Å². The van der Waals surface area contributed by atoms with Gasteiger partial charge in [-0.25, -0.2) is 4.39 Å². The summed E-state index contributed by atoms with van der Waals surface area (Å²) in [5.41, 5.74) is 1.00. The molecule has 0 amide bonds. The molecule has 4 heteroatoms. The van der Waals surface area contributed by atoms with Gasteiger partial charge in [0.1, 0.15) is 17.7 Å². The van der Waals surface area contributed by atoms with Crippen molar-refractivity contribution >= 4 is 11.8 Å². The van der Waals surface area contributed by atoms with Gasteiger partial charge in [-0.05, 0) is 36.8 Å². The average molecular weight is 295 g/mol. The number of halogens is 1. The van der Waals surface area contributed by atoms with Gasteiger partial charge in [0, 0.05) is 29.8 Å². The van der Waals surface area contributed by atoms with Crippen LogP contribution in [0.5, 0.6) is 5.75 Å². The molecule has 110 valence electrons. The van der Waals surface area contributed by atoms with Crippen molar-refractivity contribution in [2.45, 2.75) is 50.0 Å². The Bertz CT molecular complexity index is 468. The maximum Gasteiger partial charge on any atom is 0.123 e. The van der Waals surface area contributed by atoms with E-state index in [0.29, 0.717) is 6.04 Å². The lowest BCUT2D eigenvalue weighted by atomic mass is 10.1. The number of fused-ring (bicyclic) bond motifs is 1. The van der Waals surface area contributed by atoms with Crippen LogP contribution in [-0.2, 0) is 6.42 Å². The first kappa shape index (κ1) is 14.2. The van der Waals surface area contributed by atoms with Crippen LogP contribution >= 0.6 is 11.8 Å². The predicted molar refractivity (Wildman–Crippen MR) is 82.1 cm³/mol. The van der Waals surface area contributed by atoms with Crippen molar-refractivity contribution in [2.24, 2.45) is 0 Å². The molecule has 1 saturated carbocycles. The van der Waals surface area contributed by atoms with E-state index in [2.05, 4.69) is 24.0 Å². The van der Waals surface area contributed by atoms with Gasteiger partial charge < -0.3 is 10.1 Å². The standard InChI is InChI=1S/C16H22FNOS/c1-2-20-16-5-3-4-14(16)18-10-13-9-11-8-12(17)6-7-15(11)19-13/h6-8,13-14,16,18H,2-5,9-10H2,1H3. The highest BCUT2D eigenvalue weighted by molar-refractivity contribution is 7.99. The Kier molecular flexibility index (Phi) is 4.51. The van der Waals surface area contributed by atoms with Crippen LogP contribution in [-0.4, -0.2) is 29.7 Å². The molecule has 1 aromatic carbocycles. The fraction of sp³-hybridized carbons (Fsp3) is 0.625. The number of thioether (sulfide) groups is 1. The maximum absolute atomic E-state index is 13.2. The second-order valence-corrected chi connectivity index (χ2v) is 7.15. The third kappa shape index (κ3) is 3.12. The monoisotopic (exact) mass is 295 g/mol. The SMILES string of the molecule is CCSC1CCCC1NCC1Cc2cc(F)ccc2O1. The van der Waals surface area contributed by atoms with Gasteiger partial charge in [0.15, 0.2) is 0 Å². The van der Waals surface area contributed by atoms with Crippen LogP contribution in [0.15, 0.2) is 18.2 Å². The summed E-state index contributed by atoms with van der Waals surface area (Å²) in [6, 6.07) is 5.43. The molecule has 2 aliphatic rings. The van der Waals surface area contributed by atoms with Crippen LogP contribution in [0.2, 0.25) is 0 Å². The second-order valence-electron chi connectivity index (χ2n) is 5.64. The first-order chi connectivity index (χ1) is 9.76. The van der Waals surface area contributed by atoms with Crippen LogP contribution in [0.3, 0.4) is 0 Å². The van der Waals surface area contributed by atoms with Gasteiger partial charge in [0.25, 0.3) is 0 Å². The van der Waals surface area contributed by atoms with E-state index in [1.165, 1.54) is 31.1 Å². The number of hydrogen-bond acceptors (Lipinski definition) is 3. The van der Waals surface area contributed by atoms with Crippen molar-refractivity contribution in [2.75, 3.05) is 12.3 Å². The van der Waals surface area contributed by atoms with Gasteiger partial charge in [-0.2, -0.15) is 11.8 Å². The molecule has 20 heavy (non-hydrogen) atoms. The first-order valence-electron chi connectivity index (χ1n) is 7.56. The van der Waals surface area contributed by atoms with Gasteiger partial charge in [0.2, 0.25) is 0 Å². The van der Waals surface area contributed by atoms with Gasteiger partial charge in [-0.15, -0.1) is 0 Å². The lowest BCUT2D eigenvalue weighted by molar-refractivity contribution is 0.222. The Balaban J connectivity index is 1.51. The van der Waals surface area contributed by atoms with Crippen molar-refractivity contribution in [1.82, 2.24) is 5.32 Å². The average Bonchev–Trinajstić information content (AvgIpc) is 3.02.